The van der Waals surface area contributed by atoms with E-state index in [1.807, 2.05) is 0 Å². The summed E-state index contributed by atoms with van der Waals surface area (Å²) < 4.78 is 0. The summed E-state index contributed by atoms with van der Waals surface area (Å²) in [6.45, 7) is 1.70. The van der Waals surface area contributed by atoms with Crippen LogP contribution < -0.4 is 5.73 Å². The lowest BCUT2D eigenvalue weighted by Crippen LogP contribution is -2.60. The van der Waals surface area contributed by atoms with Crippen LogP contribution in [-0.4, -0.2) is 33.3 Å². The van der Waals surface area contributed by atoms with Gasteiger partial charge >= 0.3 is 0 Å². The van der Waals surface area contributed by atoms with Crippen molar-refractivity contribution < 1.29 is 19.5 Å². The van der Waals surface area contributed by atoms with Crippen molar-refractivity contribution >= 4 is 17.7 Å². The Morgan fingerprint density at radius 2 is 1.73 bits per heavy atom. The summed E-state index contributed by atoms with van der Waals surface area (Å²) in [6, 6.07) is 2.97. The average molecular weight is 302 g/mol. The number of phenols is 1. The Bertz CT molecular complexity index is 649. The number of rotatable bonds is 2. The molecule has 6 heteroatoms. The molecule has 1 heterocycles. The molecule has 2 aliphatic rings. The van der Waals surface area contributed by atoms with Gasteiger partial charge in [-0.2, -0.15) is 0 Å². The van der Waals surface area contributed by atoms with Crippen LogP contribution in [-0.2, 0) is 4.79 Å². The number of carbonyl (C=O) groups excluding carboxylic acids is 3. The fourth-order valence-electron chi connectivity index (χ4n) is 3.61. The molecular formula is C16H18N2O4. The van der Waals surface area contributed by atoms with Gasteiger partial charge in [-0.25, -0.2) is 0 Å². The van der Waals surface area contributed by atoms with Gasteiger partial charge in [0.05, 0.1) is 11.1 Å². The number of hydrogen-bond donors (Lipinski definition) is 2. The summed E-state index contributed by atoms with van der Waals surface area (Å²) in [5, 5.41) is 9.97. The summed E-state index contributed by atoms with van der Waals surface area (Å²) in [5.74, 6) is -2.05. The van der Waals surface area contributed by atoms with Gasteiger partial charge in [0.15, 0.2) is 0 Å². The van der Waals surface area contributed by atoms with Crippen LogP contribution in [0.2, 0.25) is 0 Å². The van der Waals surface area contributed by atoms with Crippen LogP contribution in [0.1, 0.15) is 58.4 Å². The van der Waals surface area contributed by atoms with Crippen molar-refractivity contribution in [3.8, 4) is 5.75 Å². The first kappa shape index (κ1) is 14.6. The normalized spacial score (nSPS) is 20.1. The Kier molecular flexibility index (Phi) is 3.20. The summed E-state index contributed by atoms with van der Waals surface area (Å²) >= 11 is 0. The molecular weight excluding hydrogens is 284 g/mol. The molecule has 0 spiro atoms. The number of aryl methyl sites for hydroxylation is 1. The number of imide groups is 1. The number of aromatic hydroxyl groups is 1. The molecule has 116 valence electrons. The van der Waals surface area contributed by atoms with E-state index in [-0.39, 0.29) is 16.9 Å². The maximum Gasteiger partial charge on any atom is 0.266 e. The smallest absolute Gasteiger partial charge is 0.266 e. The zero-order valence-corrected chi connectivity index (χ0v) is 12.4. The molecule has 0 aromatic heterocycles. The molecule has 3 rings (SSSR count). The van der Waals surface area contributed by atoms with E-state index in [2.05, 4.69) is 0 Å². The lowest BCUT2D eigenvalue weighted by molar-refractivity contribution is -0.129. The van der Waals surface area contributed by atoms with Crippen LogP contribution in [0.5, 0.6) is 5.75 Å². The molecule has 3 N–H and O–H groups in total. The minimum absolute atomic E-state index is 0.0174. The van der Waals surface area contributed by atoms with E-state index < -0.39 is 23.3 Å². The van der Waals surface area contributed by atoms with Gasteiger partial charge in [0.25, 0.3) is 11.8 Å². The molecule has 22 heavy (non-hydrogen) atoms. The van der Waals surface area contributed by atoms with Gasteiger partial charge in [-0.3, -0.25) is 19.3 Å². The second kappa shape index (κ2) is 4.83. The minimum atomic E-state index is -1.27. The maximum absolute atomic E-state index is 12.8. The highest BCUT2D eigenvalue weighted by Crippen LogP contribution is 2.41. The molecule has 1 aromatic carbocycles. The fourth-order valence-corrected chi connectivity index (χ4v) is 3.61. The van der Waals surface area contributed by atoms with Gasteiger partial charge in [-0.15, -0.1) is 0 Å². The molecule has 1 aromatic rings. The van der Waals surface area contributed by atoms with Gasteiger partial charge in [0.1, 0.15) is 11.3 Å². The number of carbonyl (C=O) groups is 3. The van der Waals surface area contributed by atoms with Gasteiger partial charge in [0.2, 0.25) is 5.91 Å². The van der Waals surface area contributed by atoms with Crippen LogP contribution in [0.3, 0.4) is 0 Å². The van der Waals surface area contributed by atoms with Crippen molar-refractivity contribution in [3.05, 3.63) is 28.8 Å². The highest BCUT2D eigenvalue weighted by molar-refractivity contribution is 6.25. The zero-order valence-electron chi connectivity index (χ0n) is 12.4. The van der Waals surface area contributed by atoms with E-state index >= 15 is 0 Å². The Morgan fingerprint density at radius 1 is 1.14 bits per heavy atom. The predicted octanol–water partition coefficient (Wildman–Crippen LogP) is 1.48. The molecule has 1 aliphatic carbocycles. The van der Waals surface area contributed by atoms with Crippen LogP contribution in [0.25, 0.3) is 0 Å². The van der Waals surface area contributed by atoms with Crippen molar-refractivity contribution in [2.24, 2.45) is 5.73 Å². The van der Waals surface area contributed by atoms with Crippen molar-refractivity contribution in [2.45, 2.75) is 44.6 Å². The second-order valence-electron chi connectivity index (χ2n) is 6.05. The van der Waals surface area contributed by atoms with Gasteiger partial charge in [0, 0.05) is 0 Å². The highest BCUT2D eigenvalue weighted by atomic mass is 16.3. The molecule has 1 aliphatic heterocycles. The Morgan fingerprint density at radius 3 is 2.27 bits per heavy atom. The Hall–Kier alpha value is -2.37. The Labute approximate surface area is 127 Å². The molecule has 1 fully saturated rings. The largest absolute Gasteiger partial charge is 0.507 e. The second-order valence-corrected chi connectivity index (χ2v) is 6.05. The quantitative estimate of drug-likeness (QED) is 0.808. The van der Waals surface area contributed by atoms with E-state index in [0.717, 1.165) is 24.2 Å². The average Bonchev–Trinajstić information content (AvgIpc) is 2.76. The molecule has 0 unspecified atom stereocenters. The summed E-state index contributed by atoms with van der Waals surface area (Å²) in [6.07, 6.45) is 3.19. The first-order valence-corrected chi connectivity index (χ1v) is 7.41. The van der Waals surface area contributed by atoms with E-state index in [0.29, 0.717) is 18.4 Å². The SMILES string of the molecule is Cc1ccc(O)c2c1C(=O)N(C1(C(N)=O)CCCCC1)C2=O. The number of nitrogens with zero attached hydrogens (tertiary/aromatic N) is 1. The predicted molar refractivity (Wildman–Crippen MR) is 78.4 cm³/mol. The van der Waals surface area contributed by atoms with Crippen molar-refractivity contribution in [2.75, 3.05) is 0 Å². The van der Waals surface area contributed by atoms with E-state index in [1.165, 1.54) is 6.07 Å². The summed E-state index contributed by atoms with van der Waals surface area (Å²) in [7, 11) is 0. The van der Waals surface area contributed by atoms with Crippen molar-refractivity contribution in [1.29, 1.82) is 0 Å². The van der Waals surface area contributed by atoms with E-state index in [1.54, 1.807) is 13.0 Å². The van der Waals surface area contributed by atoms with Gasteiger partial charge in [-0.1, -0.05) is 25.3 Å². The maximum atomic E-state index is 12.8. The zero-order chi connectivity index (χ0) is 16.1. The van der Waals surface area contributed by atoms with E-state index in [4.69, 9.17) is 5.73 Å². The van der Waals surface area contributed by atoms with Gasteiger partial charge < -0.3 is 10.8 Å². The summed E-state index contributed by atoms with van der Waals surface area (Å²) in [4.78, 5) is 38.6. The molecule has 0 atom stereocenters. The lowest BCUT2D eigenvalue weighted by atomic mass is 9.79. The molecule has 6 nitrogen and oxygen atoms in total. The third-order valence-electron chi connectivity index (χ3n) is 4.79. The van der Waals surface area contributed by atoms with Crippen LogP contribution >= 0.6 is 0 Å². The molecule has 0 radical (unpaired) electrons. The number of nitrogens with two attached hydrogens (primary N) is 1. The van der Waals surface area contributed by atoms with Crippen LogP contribution in [0.4, 0.5) is 0 Å². The number of benzene rings is 1. The first-order chi connectivity index (χ1) is 10.4. The standard InChI is InChI=1S/C16H18N2O4/c1-9-5-6-10(19)12-11(9)13(20)18(14(12)21)16(15(17)22)7-3-2-4-8-16/h5-6,19H,2-4,7-8H2,1H3,(H2,17,22). The number of primary amides is 1. The topological polar surface area (TPSA) is 101 Å². The Balaban J connectivity index is 2.16. The fraction of sp³-hybridized carbons (Fsp3) is 0.438. The highest BCUT2D eigenvalue weighted by Gasteiger charge is 2.54. The number of amides is 3. The third-order valence-corrected chi connectivity index (χ3v) is 4.79. The third kappa shape index (κ3) is 1.76. The molecule has 0 saturated heterocycles. The lowest BCUT2D eigenvalue weighted by Gasteiger charge is -2.40. The first-order valence-electron chi connectivity index (χ1n) is 7.41. The number of hydrogen-bond acceptors (Lipinski definition) is 4. The summed E-state index contributed by atoms with van der Waals surface area (Å²) in [5.41, 5.74) is 5.06. The number of fused-ring (bicyclic) bond motifs is 1. The van der Waals surface area contributed by atoms with Crippen molar-refractivity contribution in [1.82, 2.24) is 4.90 Å². The molecule has 1 saturated carbocycles. The van der Waals surface area contributed by atoms with E-state index in [9.17, 15) is 19.5 Å². The van der Waals surface area contributed by atoms with Crippen LogP contribution in [0.15, 0.2) is 12.1 Å². The van der Waals surface area contributed by atoms with Crippen molar-refractivity contribution in [3.63, 3.8) is 0 Å². The molecule has 3 amide bonds. The molecule has 0 bridgehead atoms. The van der Waals surface area contributed by atoms with Gasteiger partial charge in [-0.05, 0) is 31.4 Å². The number of phenolic OH excluding ortho intramolecular Hbond substituents is 1. The van der Waals surface area contributed by atoms with Crippen LogP contribution in [0, 0.1) is 6.92 Å². The monoisotopic (exact) mass is 302 g/mol. The minimum Gasteiger partial charge on any atom is -0.507 e.